The molecule has 0 radical (unpaired) electrons. The van der Waals surface area contributed by atoms with Crippen LogP contribution in [0.2, 0.25) is 0 Å². The Kier molecular flexibility index (Phi) is 4.10. The number of rotatable bonds is 4. The molecule has 0 spiro atoms. The Balaban J connectivity index is 2.02. The monoisotopic (exact) mass is 331 g/mol. The number of nitrogens with zero attached hydrogens (tertiary/aromatic N) is 1. The second kappa shape index (κ2) is 6.01. The smallest absolute Gasteiger partial charge is 0.107 e. The molecule has 0 unspecified atom stereocenters. The molecule has 106 valence electrons. The van der Waals surface area contributed by atoms with Crippen LogP contribution in [0, 0.1) is 0 Å². The lowest BCUT2D eigenvalue weighted by Crippen LogP contribution is -2.13. The van der Waals surface area contributed by atoms with E-state index in [-0.39, 0.29) is 0 Å². The lowest BCUT2D eigenvalue weighted by atomic mass is 10.1. The van der Waals surface area contributed by atoms with Crippen molar-refractivity contribution < 1.29 is 0 Å². The van der Waals surface area contributed by atoms with E-state index in [1.54, 1.807) is 23.1 Å². The number of anilines is 2. The molecule has 0 saturated carbocycles. The molecule has 0 atom stereocenters. The molecule has 3 aromatic rings. The zero-order chi connectivity index (χ0) is 14.8. The molecule has 6 heteroatoms. The summed E-state index contributed by atoms with van der Waals surface area (Å²) in [5.41, 5.74) is 11.6. The summed E-state index contributed by atoms with van der Waals surface area (Å²) in [5, 5.41) is 3.41. The lowest BCUT2D eigenvalue weighted by Gasteiger charge is -2.14. The molecule has 1 heterocycles. The number of benzene rings is 2. The second-order valence-electron chi connectivity index (χ2n) is 4.41. The predicted octanol–water partition coefficient (Wildman–Crippen LogP) is 4.40. The highest BCUT2D eigenvalue weighted by Gasteiger charge is 2.11. The van der Waals surface area contributed by atoms with Crippen LogP contribution in [-0.4, -0.2) is 16.2 Å². The van der Waals surface area contributed by atoms with Gasteiger partial charge in [-0.05, 0) is 36.6 Å². The summed E-state index contributed by atoms with van der Waals surface area (Å²) in [7, 11) is 0. The number of thiazole rings is 1. The normalized spacial score (nSPS) is 10.7. The van der Waals surface area contributed by atoms with Gasteiger partial charge in [0.25, 0.3) is 0 Å². The van der Waals surface area contributed by atoms with Crippen molar-refractivity contribution in [3.63, 3.8) is 0 Å². The molecule has 0 fully saturated rings. The van der Waals surface area contributed by atoms with Crippen LogP contribution >= 0.6 is 35.3 Å². The lowest BCUT2D eigenvalue weighted by molar-refractivity contribution is 1.40. The minimum absolute atomic E-state index is 0.404. The highest BCUT2D eigenvalue weighted by atomic mass is 32.2. The highest BCUT2D eigenvalue weighted by Crippen LogP contribution is 2.30. The first-order valence-electron chi connectivity index (χ1n) is 6.26. The summed E-state index contributed by atoms with van der Waals surface area (Å²) in [5.74, 6) is 0. The van der Waals surface area contributed by atoms with Gasteiger partial charge in [-0.15, -0.1) is 23.1 Å². The van der Waals surface area contributed by atoms with Gasteiger partial charge < -0.3 is 11.1 Å². The van der Waals surface area contributed by atoms with E-state index in [2.05, 4.69) is 16.4 Å². The zero-order valence-electron chi connectivity index (χ0n) is 11.3. The van der Waals surface area contributed by atoms with E-state index in [9.17, 15) is 0 Å². The average Bonchev–Trinajstić information content (AvgIpc) is 2.94. The standard InChI is InChI=1S/C15H13N3S3/c1-20-12-4-2-3-11(14(12)15(16)19)18-9-5-6-10-13(7-9)21-8-17-10/h2-8,18H,1H3,(H2,16,19). The third-order valence-electron chi connectivity index (χ3n) is 3.10. The Morgan fingerprint density at radius 1 is 1.33 bits per heavy atom. The Labute approximate surface area is 136 Å². The fourth-order valence-corrected chi connectivity index (χ4v) is 3.79. The van der Waals surface area contributed by atoms with Gasteiger partial charge in [0, 0.05) is 21.8 Å². The number of thioether (sulfide) groups is 1. The van der Waals surface area contributed by atoms with Crippen molar-refractivity contribution in [1.29, 1.82) is 0 Å². The van der Waals surface area contributed by atoms with Crippen LogP contribution in [-0.2, 0) is 0 Å². The largest absolute Gasteiger partial charge is 0.389 e. The maximum atomic E-state index is 5.89. The first kappa shape index (κ1) is 14.3. The number of hydrogen-bond donors (Lipinski definition) is 2. The molecule has 0 aliphatic heterocycles. The second-order valence-corrected chi connectivity index (χ2v) is 6.58. The van der Waals surface area contributed by atoms with Crippen LogP contribution in [0.5, 0.6) is 0 Å². The maximum absolute atomic E-state index is 5.89. The van der Waals surface area contributed by atoms with Crippen molar-refractivity contribution in [1.82, 2.24) is 4.98 Å². The number of thiocarbonyl (C=S) groups is 1. The van der Waals surface area contributed by atoms with Gasteiger partial charge in [-0.2, -0.15) is 0 Å². The van der Waals surface area contributed by atoms with Gasteiger partial charge >= 0.3 is 0 Å². The molecule has 0 amide bonds. The van der Waals surface area contributed by atoms with E-state index >= 15 is 0 Å². The topological polar surface area (TPSA) is 50.9 Å². The van der Waals surface area contributed by atoms with Crippen LogP contribution in [0.4, 0.5) is 11.4 Å². The summed E-state index contributed by atoms with van der Waals surface area (Å²) in [6.45, 7) is 0. The van der Waals surface area contributed by atoms with Crippen molar-refractivity contribution in [2.45, 2.75) is 4.90 Å². The summed E-state index contributed by atoms with van der Waals surface area (Å²) >= 11 is 8.46. The molecule has 3 nitrogen and oxygen atoms in total. The summed E-state index contributed by atoms with van der Waals surface area (Å²) < 4.78 is 1.15. The molecule has 3 rings (SSSR count). The van der Waals surface area contributed by atoms with E-state index in [0.717, 1.165) is 32.1 Å². The van der Waals surface area contributed by atoms with Crippen molar-refractivity contribution in [3.8, 4) is 0 Å². The van der Waals surface area contributed by atoms with Gasteiger partial charge in [-0.25, -0.2) is 4.98 Å². The molecule has 21 heavy (non-hydrogen) atoms. The molecule has 0 aliphatic carbocycles. The van der Waals surface area contributed by atoms with Gasteiger partial charge in [0.15, 0.2) is 0 Å². The van der Waals surface area contributed by atoms with E-state index in [0.29, 0.717) is 4.99 Å². The third kappa shape index (κ3) is 2.88. The van der Waals surface area contributed by atoms with Crippen molar-refractivity contribution in [2.75, 3.05) is 11.6 Å². The zero-order valence-corrected chi connectivity index (χ0v) is 13.7. The Morgan fingerprint density at radius 3 is 2.95 bits per heavy atom. The van der Waals surface area contributed by atoms with Crippen LogP contribution < -0.4 is 11.1 Å². The van der Waals surface area contributed by atoms with Gasteiger partial charge in [-0.1, -0.05) is 18.3 Å². The Hall–Kier alpha value is -1.63. The van der Waals surface area contributed by atoms with Crippen LogP contribution in [0.3, 0.4) is 0 Å². The molecular weight excluding hydrogens is 318 g/mol. The first-order chi connectivity index (χ1) is 10.2. The molecule has 2 aromatic carbocycles. The van der Waals surface area contributed by atoms with Gasteiger partial charge in [0.1, 0.15) is 4.99 Å². The summed E-state index contributed by atoms with van der Waals surface area (Å²) in [6, 6.07) is 12.1. The number of nitrogens with two attached hydrogens (primary N) is 1. The molecule has 1 aromatic heterocycles. The quantitative estimate of drug-likeness (QED) is 0.548. The first-order valence-corrected chi connectivity index (χ1v) is 8.77. The Bertz CT molecular complexity index is 811. The van der Waals surface area contributed by atoms with E-state index in [4.69, 9.17) is 18.0 Å². The molecular formula is C15H13N3S3. The van der Waals surface area contributed by atoms with Crippen LogP contribution in [0.15, 0.2) is 46.8 Å². The SMILES string of the molecule is CSc1cccc(Nc2ccc3ncsc3c2)c1C(N)=S. The Morgan fingerprint density at radius 2 is 2.19 bits per heavy atom. The predicted molar refractivity (Wildman–Crippen MR) is 97.0 cm³/mol. The number of aromatic nitrogens is 1. The van der Waals surface area contributed by atoms with Crippen LogP contribution in [0.25, 0.3) is 10.2 Å². The summed E-state index contributed by atoms with van der Waals surface area (Å²) in [4.78, 5) is 5.77. The average molecular weight is 331 g/mol. The number of hydrogen-bond acceptors (Lipinski definition) is 5. The van der Waals surface area contributed by atoms with E-state index in [1.807, 2.05) is 42.1 Å². The maximum Gasteiger partial charge on any atom is 0.107 e. The fourth-order valence-electron chi connectivity index (χ4n) is 2.15. The van der Waals surface area contributed by atoms with Gasteiger partial charge in [0.2, 0.25) is 0 Å². The fraction of sp³-hybridized carbons (Fsp3) is 0.0667. The van der Waals surface area contributed by atoms with Crippen molar-refractivity contribution in [2.24, 2.45) is 5.73 Å². The number of nitrogens with one attached hydrogen (secondary N) is 1. The van der Waals surface area contributed by atoms with E-state index in [1.165, 1.54) is 0 Å². The highest BCUT2D eigenvalue weighted by molar-refractivity contribution is 7.98. The van der Waals surface area contributed by atoms with Crippen LogP contribution in [0.1, 0.15) is 5.56 Å². The van der Waals surface area contributed by atoms with Crippen molar-refractivity contribution >= 4 is 61.9 Å². The van der Waals surface area contributed by atoms with E-state index < -0.39 is 0 Å². The summed E-state index contributed by atoms with van der Waals surface area (Å²) in [6.07, 6.45) is 2.02. The van der Waals surface area contributed by atoms with Gasteiger partial charge in [0.05, 0.1) is 15.7 Å². The number of fused-ring (bicyclic) bond motifs is 1. The molecule has 0 bridgehead atoms. The van der Waals surface area contributed by atoms with Gasteiger partial charge in [-0.3, -0.25) is 0 Å². The molecule has 0 saturated heterocycles. The minimum Gasteiger partial charge on any atom is -0.389 e. The minimum atomic E-state index is 0.404. The third-order valence-corrected chi connectivity index (χ3v) is 4.88. The molecule has 0 aliphatic rings. The molecule has 3 N–H and O–H groups in total. The van der Waals surface area contributed by atoms with Crippen molar-refractivity contribution in [3.05, 3.63) is 47.5 Å².